The molecule has 0 aliphatic carbocycles. The van der Waals surface area contributed by atoms with Crippen LogP contribution in [0.15, 0.2) is 32.4 Å². The molecule has 7 nitrogen and oxygen atoms in total. The number of halogens is 1. The Balaban J connectivity index is 2.36. The van der Waals surface area contributed by atoms with E-state index in [1.807, 2.05) is 0 Å². The molecule has 0 aliphatic heterocycles. The molecule has 0 aromatic carbocycles. The predicted molar refractivity (Wildman–Crippen MR) is 73.0 cm³/mol. The first-order valence-electron chi connectivity index (χ1n) is 5.85. The summed E-state index contributed by atoms with van der Waals surface area (Å²) < 4.78 is 9.10. The molecule has 8 heteroatoms. The number of aryl methyl sites for hydroxylation is 1. The average Bonchev–Trinajstić information content (AvgIpc) is 3.04. The Labute approximate surface area is 117 Å². The van der Waals surface area contributed by atoms with Crippen molar-refractivity contribution in [3.05, 3.63) is 50.3 Å². The number of furan rings is 1. The molecule has 3 heterocycles. The molecule has 0 bridgehead atoms. The van der Waals surface area contributed by atoms with E-state index in [2.05, 4.69) is 4.98 Å². The first kappa shape index (κ1) is 12.7. The van der Waals surface area contributed by atoms with Crippen LogP contribution in [0.3, 0.4) is 0 Å². The molecule has 0 unspecified atom stereocenters. The Hall–Kier alpha value is -2.28. The van der Waals surface area contributed by atoms with Gasteiger partial charge in [0.1, 0.15) is 5.76 Å². The van der Waals surface area contributed by atoms with Crippen molar-refractivity contribution in [1.29, 1.82) is 0 Å². The van der Waals surface area contributed by atoms with E-state index >= 15 is 0 Å². The van der Waals surface area contributed by atoms with Gasteiger partial charge in [-0.05, 0) is 23.7 Å². The number of hydrogen-bond acceptors (Lipinski definition) is 4. The molecule has 3 aromatic rings. The number of nitrogens with zero attached hydrogens (tertiary/aromatic N) is 4. The van der Waals surface area contributed by atoms with Gasteiger partial charge in [-0.25, -0.2) is 4.79 Å². The normalized spacial score (nSPS) is 11.3. The van der Waals surface area contributed by atoms with Crippen molar-refractivity contribution in [3.63, 3.8) is 0 Å². The van der Waals surface area contributed by atoms with Gasteiger partial charge in [-0.1, -0.05) is 0 Å². The second-order valence-electron chi connectivity index (χ2n) is 4.42. The van der Waals surface area contributed by atoms with Crippen LogP contribution in [0.4, 0.5) is 0 Å². The summed E-state index contributed by atoms with van der Waals surface area (Å²) in [6.07, 6.45) is 1.54. The predicted octanol–water partition coefficient (Wildman–Crippen LogP) is 0.728. The van der Waals surface area contributed by atoms with Gasteiger partial charge < -0.3 is 8.98 Å². The van der Waals surface area contributed by atoms with Gasteiger partial charge >= 0.3 is 5.69 Å². The molecule has 20 heavy (non-hydrogen) atoms. The maximum absolute atomic E-state index is 12.3. The number of fused-ring (bicyclic) bond motifs is 1. The van der Waals surface area contributed by atoms with E-state index in [9.17, 15) is 9.59 Å². The molecular weight excluding hydrogens is 284 g/mol. The fourth-order valence-electron chi connectivity index (χ4n) is 2.12. The monoisotopic (exact) mass is 294 g/mol. The minimum Gasteiger partial charge on any atom is -0.467 e. The van der Waals surface area contributed by atoms with Crippen molar-refractivity contribution in [2.45, 2.75) is 6.54 Å². The van der Waals surface area contributed by atoms with Crippen molar-refractivity contribution >= 4 is 22.8 Å². The van der Waals surface area contributed by atoms with Crippen molar-refractivity contribution in [2.75, 3.05) is 0 Å². The summed E-state index contributed by atoms with van der Waals surface area (Å²) in [7, 11) is 2.97. The fraction of sp³-hybridized carbons (Fsp3) is 0.250. The summed E-state index contributed by atoms with van der Waals surface area (Å²) in [6, 6.07) is 3.52. The molecule has 0 fully saturated rings. The summed E-state index contributed by atoms with van der Waals surface area (Å²) >= 11 is 6.08. The summed E-state index contributed by atoms with van der Waals surface area (Å²) in [6.45, 7) is 0.274. The van der Waals surface area contributed by atoms with Crippen LogP contribution in [-0.4, -0.2) is 18.7 Å². The van der Waals surface area contributed by atoms with Crippen LogP contribution >= 0.6 is 11.6 Å². The second kappa shape index (κ2) is 4.38. The third-order valence-electron chi connectivity index (χ3n) is 3.20. The SMILES string of the molecule is Cn1c(=O)c2c(nc(Cl)n2Cc2ccco2)n(C)c1=O. The highest BCUT2D eigenvalue weighted by atomic mass is 35.5. The Kier molecular flexibility index (Phi) is 2.79. The van der Waals surface area contributed by atoms with Crippen LogP contribution in [0, 0.1) is 0 Å². The lowest BCUT2D eigenvalue weighted by Gasteiger charge is -2.05. The maximum atomic E-state index is 12.3. The Morgan fingerprint density at radius 1 is 1.30 bits per heavy atom. The van der Waals surface area contributed by atoms with Crippen molar-refractivity contribution in [3.8, 4) is 0 Å². The Bertz CT molecular complexity index is 902. The lowest BCUT2D eigenvalue weighted by atomic mass is 10.4. The van der Waals surface area contributed by atoms with Gasteiger partial charge in [-0.3, -0.25) is 13.9 Å². The summed E-state index contributed by atoms with van der Waals surface area (Å²) in [5.74, 6) is 0.641. The van der Waals surface area contributed by atoms with Crippen LogP contribution in [0.1, 0.15) is 5.76 Å². The Morgan fingerprint density at radius 3 is 2.70 bits per heavy atom. The van der Waals surface area contributed by atoms with E-state index in [4.69, 9.17) is 16.0 Å². The quantitative estimate of drug-likeness (QED) is 0.653. The maximum Gasteiger partial charge on any atom is 0.332 e. The molecule has 0 amide bonds. The van der Waals surface area contributed by atoms with E-state index in [1.165, 1.54) is 22.4 Å². The number of rotatable bonds is 2. The first-order chi connectivity index (χ1) is 9.50. The van der Waals surface area contributed by atoms with Gasteiger partial charge in [0.05, 0.1) is 12.8 Å². The van der Waals surface area contributed by atoms with Gasteiger partial charge in [0.25, 0.3) is 5.56 Å². The number of hydrogen-bond donors (Lipinski definition) is 0. The highest BCUT2D eigenvalue weighted by Gasteiger charge is 2.18. The zero-order valence-corrected chi connectivity index (χ0v) is 11.6. The van der Waals surface area contributed by atoms with Crippen LogP contribution in [-0.2, 0) is 20.6 Å². The molecular formula is C12H11ClN4O3. The highest BCUT2D eigenvalue weighted by Crippen LogP contribution is 2.17. The summed E-state index contributed by atoms with van der Waals surface area (Å²) in [4.78, 5) is 28.2. The molecule has 0 radical (unpaired) electrons. The van der Waals surface area contributed by atoms with E-state index in [1.54, 1.807) is 19.2 Å². The van der Waals surface area contributed by atoms with Gasteiger partial charge in [-0.2, -0.15) is 4.98 Å². The first-order valence-corrected chi connectivity index (χ1v) is 6.22. The number of imidazole rings is 1. The van der Waals surface area contributed by atoms with E-state index in [-0.39, 0.29) is 23.0 Å². The molecule has 0 saturated heterocycles. The molecule has 3 aromatic heterocycles. The zero-order valence-electron chi connectivity index (χ0n) is 10.8. The third kappa shape index (κ3) is 1.70. The molecule has 104 valence electrons. The van der Waals surface area contributed by atoms with E-state index < -0.39 is 11.2 Å². The lowest BCUT2D eigenvalue weighted by Crippen LogP contribution is -2.37. The van der Waals surface area contributed by atoms with Crippen molar-refractivity contribution in [1.82, 2.24) is 18.7 Å². The summed E-state index contributed by atoms with van der Waals surface area (Å²) in [5.41, 5.74) is -0.346. The van der Waals surface area contributed by atoms with Crippen LogP contribution in [0.2, 0.25) is 5.28 Å². The molecule has 0 atom stereocenters. The second-order valence-corrected chi connectivity index (χ2v) is 4.76. The largest absolute Gasteiger partial charge is 0.467 e. The van der Waals surface area contributed by atoms with Crippen LogP contribution < -0.4 is 11.2 Å². The smallest absolute Gasteiger partial charge is 0.332 e. The highest BCUT2D eigenvalue weighted by molar-refractivity contribution is 6.29. The molecule has 0 aliphatic rings. The fourth-order valence-corrected chi connectivity index (χ4v) is 2.35. The molecule has 0 N–H and O–H groups in total. The molecule has 0 saturated carbocycles. The van der Waals surface area contributed by atoms with Crippen molar-refractivity contribution in [2.24, 2.45) is 14.1 Å². The average molecular weight is 295 g/mol. The van der Waals surface area contributed by atoms with Crippen LogP contribution in [0.25, 0.3) is 11.2 Å². The van der Waals surface area contributed by atoms with Gasteiger partial charge in [0.15, 0.2) is 11.2 Å². The summed E-state index contributed by atoms with van der Waals surface area (Å²) in [5, 5.41) is 0.134. The molecule has 0 spiro atoms. The standard InChI is InChI=1S/C12H11ClN4O3/c1-15-9-8(10(18)16(2)12(15)19)17(11(13)14-9)6-7-4-3-5-20-7/h3-5H,6H2,1-2H3. The van der Waals surface area contributed by atoms with Crippen molar-refractivity contribution < 1.29 is 4.42 Å². The van der Waals surface area contributed by atoms with E-state index in [0.29, 0.717) is 5.76 Å². The van der Waals surface area contributed by atoms with E-state index in [0.717, 1.165) is 4.57 Å². The van der Waals surface area contributed by atoms with Gasteiger partial charge in [-0.15, -0.1) is 0 Å². The topological polar surface area (TPSA) is 75.0 Å². The van der Waals surface area contributed by atoms with Gasteiger partial charge in [0.2, 0.25) is 5.28 Å². The minimum absolute atomic E-state index is 0.134. The zero-order chi connectivity index (χ0) is 14.4. The Morgan fingerprint density at radius 2 is 2.05 bits per heavy atom. The third-order valence-corrected chi connectivity index (χ3v) is 3.48. The lowest BCUT2D eigenvalue weighted by molar-refractivity contribution is 0.496. The van der Waals surface area contributed by atoms with Gasteiger partial charge in [0, 0.05) is 14.1 Å². The minimum atomic E-state index is -0.443. The van der Waals surface area contributed by atoms with Crippen LogP contribution in [0.5, 0.6) is 0 Å². The molecule has 3 rings (SSSR count). The number of aromatic nitrogens is 4.